The van der Waals surface area contributed by atoms with Crippen LogP contribution in [0.15, 0.2) is 0 Å². The standard InChI is InChI=1S/C17H31N3O2/c1-19(2)15-6-5-14(12-15)18-17(21)20-9-7-13(8-10-20)16-4-3-11-22-16/h13-16H,3-12H2,1-2H3,(H,18,21)/t14-,15+,16-/m0/s1. The van der Waals surface area contributed by atoms with Crippen molar-refractivity contribution in [2.45, 2.75) is 63.1 Å². The number of likely N-dealkylation sites (tertiary alicyclic amines) is 1. The summed E-state index contributed by atoms with van der Waals surface area (Å²) in [7, 11) is 4.26. The van der Waals surface area contributed by atoms with Gasteiger partial charge in [-0.05, 0) is 65.0 Å². The minimum atomic E-state index is 0.148. The molecule has 126 valence electrons. The highest BCUT2D eigenvalue weighted by Crippen LogP contribution is 2.29. The number of amides is 2. The quantitative estimate of drug-likeness (QED) is 0.868. The van der Waals surface area contributed by atoms with E-state index < -0.39 is 0 Å². The predicted molar refractivity (Wildman–Crippen MR) is 86.9 cm³/mol. The zero-order valence-corrected chi connectivity index (χ0v) is 14.1. The molecule has 5 nitrogen and oxygen atoms in total. The van der Waals surface area contributed by atoms with Gasteiger partial charge in [-0.3, -0.25) is 0 Å². The van der Waals surface area contributed by atoms with E-state index in [0.29, 0.717) is 24.1 Å². The first-order valence-electron chi connectivity index (χ1n) is 8.97. The Labute approximate surface area is 134 Å². The molecule has 2 amide bonds. The third kappa shape index (κ3) is 3.74. The van der Waals surface area contributed by atoms with Crippen LogP contribution in [0.25, 0.3) is 0 Å². The van der Waals surface area contributed by atoms with Gasteiger partial charge in [-0.25, -0.2) is 4.79 Å². The smallest absolute Gasteiger partial charge is 0.317 e. The Bertz CT molecular complexity index is 374. The van der Waals surface area contributed by atoms with E-state index in [1.807, 2.05) is 4.90 Å². The van der Waals surface area contributed by atoms with E-state index in [1.165, 1.54) is 19.3 Å². The maximum atomic E-state index is 12.4. The Morgan fingerprint density at radius 2 is 1.91 bits per heavy atom. The lowest BCUT2D eigenvalue weighted by Crippen LogP contribution is -2.48. The van der Waals surface area contributed by atoms with Crippen molar-refractivity contribution < 1.29 is 9.53 Å². The van der Waals surface area contributed by atoms with Crippen molar-refractivity contribution in [2.75, 3.05) is 33.8 Å². The summed E-state index contributed by atoms with van der Waals surface area (Å²) in [6.45, 7) is 2.71. The number of urea groups is 1. The molecule has 3 fully saturated rings. The van der Waals surface area contributed by atoms with Crippen LogP contribution in [0, 0.1) is 5.92 Å². The van der Waals surface area contributed by atoms with Crippen LogP contribution in [-0.2, 0) is 4.74 Å². The minimum Gasteiger partial charge on any atom is -0.378 e. The number of piperidine rings is 1. The number of rotatable bonds is 3. The number of hydrogen-bond acceptors (Lipinski definition) is 3. The highest BCUT2D eigenvalue weighted by molar-refractivity contribution is 5.74. The number of carbonyl (C=O) groups is 1. The molecule has 1 N–H and O–H groups in total. The summed E-state index contributed by atoms with van der Waals surface area (Å²) >= 11 is 0. The Balaban J connectivity index is 1.40. The van der Waals surface area contributed by atoms with Gasteiger partial charge < -0.3 is 19.9 Å². The Morgan fingerprint density at radius 3 is 2.50 bits per heavy atom. The molecule has 2 heterocycles. The first-order valence-corrected chi connectivity index (χ1v) is 8.97. The Morgan fingerprint density at radius 1 is 1.14 bits per heavy atom. The van der Waals surface area contributed by atoms with Crippen LogP contribution < -0.4 is 5.32 Å². The number of carbonyl (C=O) groups excluding carboxylic acids is 1. The number of nitrogens with zero attached hydrogens (tertiary/aromatic N) is 2. The van der Waals surface area contributed by atoms with E-state index in [0.717, 1.165) is 45.4 Å². The molecule has 22 heavy (non-hydrogen) atoms. The molecular formula is C17H31N3O2. The van der Waals surface area contributed by atoms with Crippen LogP contribution in [-0.4, -0.2) is 67.8 Å². The molecule has 0 aromatic rings. The van der Waals surface area contributed by atoms with Gasteiger partial charge in [0.15, 0.2) is 0 Å². The lowest BCUT2D eigenvalue weighted by atomic mass is 9.90. The molecular weight excluding hydrogens is 278 g/mol. The van der Waals surface area contributed by atoms with E-state index in [4.69, 9.17) is 4.74 Å². The van der Waals surface area contributed by atoms with Crippen molar-refractivity contribution in [3.63, 3.8) is 0 Å². The minimum absolute atomic E-state index is 0.148. The third-order valence-electron chi connectivity index (χ3n) is 5.78. The fraction of sp³-hybridized carbons (Fsp3) is 0.941. The average Bonchev–Trinajstić information content (AvgIpc) is 3.19. The fourth-order valence-electron chi connectivity index (χ4n) is 4.27. The molecule has 3 aliphatic rings. The van der Waals surface area contributed by atoms with E-state index in [-0.39, 0.29) is 6.03 Å². The highest BCUT2D eigenvalue weighted by atomic mass is 16.5. The van der Waals surface area contributed by atoms with Gasteiger partial charge in [-0.15, -0.1) is 0 Å². The maximum absolute atomic E-state index is 12.4. The van der Waals surface area contributed by atoms with E-state index in [9.17, 15) is 4.79 Å². The molecule has 2 saturated heterocycles. The molecule has 2 aliphatic heterocycles. The molecule has 3 rings (SSSR count). The van der Waals surface area contributed by atoms with Crippen LogP contribution in [0.5, 0.6) is 0 Å². The van der Waals surface area contributed by atoms with Gasteiger partial charge in [0.2, 0.25) is 0 Å². The van der Waals surface area contributed by atoms with Crippen molar-refractivity contribution in [2.24, 2.45) is 5.92 Å². The molecule has 0 bridgehead atoms. The van der Waals surface area contributed by atoms with Crippen molar-refractivity contribution in [3.8, 4) is 0 Å². The second-order valence-electron chi connectivity index (χ2n) is 7.45. The summed E-state index contributed by atoms with van der Waals surface area (Å²) in [6, 6.07) is 1.13. The maximum Gasteiger partial charge on any atom is 0.317 e. The predicted octanol–water partition coefficient (Wildman–Crippen LogP) is 2.07. The summed E-state index contributed by atoms with van der Waals surface area (Å²) in [5, 5.41) is 3.25. The van der Waals surface area contributed by atoms with Crippen molar-refractivity contribution in [1.29, 1.82) is 0 Å². The zero-order valence-electron chi connectivity index (χ0n) is 14.1. The van der Waals surface area contributed by atoms with Gasteiger partial charge >= 0.3 is 6.03 Å². The molecule has 1 aliphatic carbocycles. The summed E-state index contributed by atoms with van der Waals surface area (Å²) < 4.78 is 5.81. The summed E-state index contributed by atoms with van der Waals surface area (Å²) in [5.41, 5.74) is 0. The first-order chi connectivity index (χ1) is 10.6. The second kappa shape index (κ2) is 7.18. The Kier molecular flexibility index (Phi) is 5.24. The summed E-state index contributed by atoms with van der Waals surface area (Å²) in [6.07, 6.45) is 8.48. The number of nitrogens with one attached hydrogen (secondary N) is 1. The first kappa shape index (κ1) is 16.1. The SMILES string of the molecule is CN(C)[C@@H]1CC[C@H](NC(=O)N2CCC([C@@H]3CCCO3)CC2)C1. The van der Waals surface area contributed by atoms with Gasteiger partial charge in [0, 0.05) is 31.8 Å². The Hall–Kier alpha value is -0.810. The highest BCUT2D eigenvalue weighted by Gasteiger charge is 2.32. The number of ether oxygens (including phenoxy) is 1. The average molecular weight is 309 g/mol. The molecule has 1 saturated carbocycles. The fourth-order valence-corrected chi connectivity index (χ4v) is 4.27. The van der Waals surface area contributed by atoms with Crippen molar-refractivity contribution in [3.05, 3.63) is 0 Å². The van der Waals surface area contributed by atoms with Crippen LogP contribution in [0.2, 0.25) is 0 Å². The molecule has 0 aromatic heterocycles. The lowest BCUT2D eigenvalue weighted by molar-refractivity contribution is 0.0370. The molecule has 3 atom stereocenters. The third-order valence-corrected chi connectivity index (χ3v) is 5.78. The van der Waals surface area contributed by atoms with Gasteiger partial charge in [-0.2, -0.15) is 0 Å². The molecule has 5 heteroatoms. The van der Waals surface area contributed by atoms with Crippen LogP contribution >= 0.6 is 0 Å². The van der Waals surface area contributed by atoms with Crippen LogP contribution in [0.3, 0.4) is 0 Å². The molecule has 0 aromatic carbocycles. The summed E-state index contributed by atoms with van der Waals surface area (Å²) in [4.78, 5) is 16.7. The normalized spacial score (nSPS) is 33.6. The number of hydrogen-bond donors (Lipinski definition) is 1. The molecule has 0 spiro atoms. The molecule has 0 radical (unpaired) electrons. The lowest BCUT2D eigenvalue weighted by Gasteiger charge is -2.35. The van der Waals surface area contributed by atoms with E-state index in [2.05, 4.69) is 24.3 Å². The van der Waals surface area contributed by atoms with E-state index >= 15 is 0 Å². The van der Waals surface area contributed by atoms with Gasteiger partial charge in [0.1, 0.15) is 0 Å². The topological polar surface area (TPSA) is 44.8 Å². The van der Waals surface area contributed by atoms with Crippen LogP contribution in [0.4, 0.5) is 4.79 Å². The van der Waals surface area contributed by atoms with Gasteiger partial charge in [0.25, 0.3) is 0 Å². The van der Waals surface area contributed by atoms with Gasteiger partial charge in [-0.1, -0.05) is 0 Å². The second-order valence-corrected chi connectivity index (χ2v) is 7.45. The molecule has 0 unspecified atom stereocenters. The zero-order chi connectivity index (χ0) is 15.5. The van der Waals surface area contributed by atoms with Crippen molar-refractivity contribution in [1.82, 2.24) is 15.1 Å². The van der Waals surface area contributed by atoms with E-state index in [1.54, 1.807) is 0 Å². The largest absolute Gasteiger partial charge is 0.378 e. The summed E-state index contributed by atoms with van der Waals surface area (Å²) in [5.74, 6) is 0.663. The van der Waals surface area contributed by atoms with Gasteiger partial charge in [0.05, 0.1) is 6.10 Å². The monoisotopic (exact) mass is 309 g/mol. The van der Waals surface area contributed by atoms with Crippen LogP contribution in [0.1, 0.15) is 44.9 Å². The van der Waals surface area contributed by atoms with Crippen molar-refractivity contribution >= 4 is 6.03 Å².